The van der Waals surface area contributed by atoms with E-state index in [9.17, 15) is 9.59 Å². The van der Waals surface area contributed by atoms with E-state index in [2.05, 4.69) is 34.5 Å². The summed E-state index contributed by atoms with van der Waals surface area (Å²) in [6.07, 6.45) is 0.179. The predicted molar refractivity (Wildman–Crippen MR) is 114 cm³/mol. The Balaban J connectivity index is 1.78. The van der Waals surface area contributed by atoms with E-state index >= 15 is 0 Å². The molecule has 2 aromatic rings. The van der Waals surface area contributed by atoms with Gasteiger partial charge in [0.15, 0.2) is 0 Å². The molecular weight excluding hydrogens is 366 g/mol. The second kappa shape index (κ2) is 9.85. The summed E-state index contributed by atoms with van der Waals surface area (Å²) in [6, 6.07) is 14.1. The van der Waals surface area contributed by atoms with Crippen molar-refractivity contribution in [2.45, 2.75) is 38.9 Å². The first-order valence-corrected chi connectivity index (χ1v) is 10.3. The molecule has 0 aromatic heterocycles. The first-order valence-electron chi connectivity index (χ1n) is 10.3. The number of benzene rings is 2. The van der Waals surface area contributed by atoms with Crippen LogP contribution in [0.15, 0.2) is 42.5 Å². The third kappa shape index (κ3) is 5.14. The Morgan fingerprint density at radius 3 is 2.76 bits per heavy atom. The van der Waals surface area contributed by atoms with Crippen LogP contribution in [0.4, 0.5) is 0 Å². The minimum absolute atomic E-state index is 0.0120. The van der Waals surface area contributed by atoms with Crippen LogP contribution in [0.3, 0.4) is 0 Å². The Kier molecular flexibility index (Phi) is 7.23. The summed E-state index contributed by atoms with van der Waals surface area (Å²) in [5.74, 6) is -0.0812. The molecule has 6 heteroatoms. The molecule has 0 spiro atoms. The quantitative estimate of drug-likeness (QED) is 0.743. The Hall–Kier alpha value is -2.44. The number of carbonyl (C=O) groups excluding carboxylic acids is 2. The van der Waals surface area contributed by atoms with E-state index in [1.165, 1.54) is 16.3 Å². The van der Waals surface area contributed by atoms with Crippen LogP contribution in [0.1, 0.15) is 25.8 Å². The molecule has 1 heterocycles. The predicted octanol–water partition coefficient (Wildman–Crippen LogP) is 2.41. The number of hydrogen-bond donors (Lipinski definition) is 1. The topological polar surface area (TPSA) is 61.9 Å². The Morgan fingerprint density at radius 1 is 1.24 bits per heavy atom. The van der Waals surface area contributed by atoms with Crippen molar-refractivity contribution in [2.24, 2.45) is 0 Å². The highest BCUT2D eigenvalue weighted by Crippen LogP contribution is 2.22. The van der Waals surface area contributed by atoms with Crippen molar-refractivity contribution in [3.05, 3.63) is 48.0 Å². The monoisotopic (exact) mass is 397 g/mol. The number of methoxy groups -OCH3 is 1. The van der Waals surface area contributed by atoms with Crippen molar-refractivity contribution in [1.82, 2.24) is 15.1 Å². The average Bonchev–Trinajstić information content (AvgIpc) is 2.71. The van der Waals surface area contributed by atoms with Gasteiger partial charge in [-0.25, -0.2) is 0 Å². The molecule has 0 unspecified atom stereocenters. The number of nitrogens with one attached hydrogen (secondary N) is 1. The van der Waals surface area contributed by atoms with E-state index in [-0.39, 0.29) is 24.3 Å². The van der Waals surface area contributed by atoms with E-state index in [0.717, 1.165) is 6.54 Å². The first-order chi connectivity index (χ1) is 14.0. The average molecular weight is 398 g/mol. The molecule has 1 saturated heterocycles. The standard InChI is InChI=1S/C23H31N3O3/c1-17(2)26(13-14-29-3)22(27)15-21-23(28)24-11-12-25(21)16-19-9-6-8-18-7-4-5-10-20(18)19/h4-10,17,21H,11-16H2,1-3H3,(H,24,28)/t21-/m0/s1. The number of hydrogen-bond acceptors (Lipinski definition) is 4. The van der Waals surface area contributed by atoms with Gasteiger partial charge in [-0.3, -0.25) is 14.5 Å². The van der Waals surface area contributed by atoms with Gasteiger partial charge in [-0.1, -0.05) is 42.5 Å². The van der Waals surface area contributed by atoms with Gasteiger partial charge in [0, 0.05) is 39.3 Å². The van der Waals surface area contributed by atoms with Gasteiger partial charge in [0.1, 0.15) is 0 Å². The molecule has 1 aliphatic rings. The molecule has 1 N–H and O–H groups in total. The fourth-order valence-corrected chi connectivity index (χ4v) is 3.97. The van der Waals surface area contributed by atoms with Crippen LogP contribution in [-0.4, -0.2) is 67.0 Å². The van der Waals surface area contributed by atoms with E-state index in [4.69, 9.17) is 4.74 Å². The SMILES string of the molecule is COCCN(C(=O)C[C@H]1C(=O)NCCN1Cc1cccc2ccccc12)C(C)C. The van der Waals surface area contributed by atoms with E-state index in [0.29, 0.717) is 26.2 Å². The molecule has 156 valence electrons. The number of piperazine rings is 1. The summed E-state index contributed by atoms with van der Waals surface area (Å²) in [6.45, 7) is 6.97. The van der Waals surface area contributed by atoms with Gasteiger partial charge in [-0.05, 0) is 30.2 Å². The Labute approximate surface area is 172 Å². The lowest BCUT2D eigenvalue weighted by atomic mass is 10.0. The summed E-state index contributed by atoms with van der Waals surface area (Å²) >= 11 is 0. The van der Waals surface area contributed by atoms with Crippen molar-refractivity contribution in [1.29, 1.82) is 0 Å². The van der Waals surface area contributed by atoms with Crippen LogP contribution < -0.4 is 5.32 Å². The number of carbonyl (C=O) groups is 2. The molecular formula is C23H31N3O3. The van der Waals surface area contributed by atoms with Crippen molar-refractivity contribution < 1.29 is 14.3 Å². The normalized spacial score (nSPS) is 17.5. The highest BCUT2D eigenvalue weighted by Gasteiger charge is 2.33. The third-order valence-corrected chi connectivity index (χ3v) is 5.54. The third-order valence-electron chi connectivity index (χ3n) is 5.54. The van der Waals surface area contributed by atoms with Crippen molar-refractivity contribution in [3.8, 4) is 0 Å². The molecule has 2 amide bonds. The zero-order chi connectivity index (χ0) is 20.8. The number of rotatable bonds is 8. The van der Waals surface area contributed by atoms with Gasteiger partial charge in [0.25, 0.3) is 0 Å². The second-order valence-electron chi connectivity index (χ2n) is 7.79. The minimum Gasteiger partial charge on any atom is -0.383 e. The molecule has 0 radical (unpaired) electrons. The summed E-state index contributed by atoms with van der Waals surface area (Å²) in [5, 5.41) is 5.30. The summed E-state index contributed by atoms with van der Waals surface area (Å²) in [7, 11) is 1.63. The van der Waals surface area contributed by atoms with Crippen molar-refractivity contribution in [3.63, 3.8) is 0 Å². The lowest BCUT2D eigenvalue weighted by Crippen LogP contribution is -2.56. The fourth-order valence-electron chi connectivity index (χ4n) is 3.97. The zero-order valence-electron chi connectivity index (χ0n) is 17.6. The molecule has 0 aliphatic carbocycles. The highest BCUT2D eigenvalue weighted by atomic mass is 16.5. The second-order valence-corrected chi connectivity index (χ2v) is 7.79. The van der Waals surface area contributed by atoms with E-state index in [1.807, 2.05) is 32.0 Å². The Bertz CT molecular complexity index is 847. The van der Waals surface area contributed by atoms with Crippen molar-refractivity contribution >= 4 is 22.6 Å². The van der Waals surface area contributed by atoms with E-state index in [1.54, 1.807) is 12.0 Å². The molecule has 3 rings (SSSR count). The van der Waals surface area contributed by atoms with E-state index < -0.39 is 6.04 Å². The largest absolute Gasteiger partial charge is 0.383 e. The molecule has 29 heavy (non-hydrogen) atoms. The van der Waals surface area contributed by atoms with Gasteiger partial charge in [0.2, 0.25) is 11.8 Å². The molecule has 2 aromatic carbocycles. The van der Waals surface area contributed by atoms with Crippen LogP contribution >= 0.6 is 0 Å². The maximum atomic E-state index is 13.0. The maximum Gasteiger partial charge on any atom is 0.237 e. The molecule has 6 nitrogen and oxygen atoms in total. The van der Waals surface area contributed by atoms with Gasteiger partial charge >= 0.3 is 0 Å². The van der Waals surface area contributed by atoms with Gasteiger partial charge < -0.3 is 15.0 Å². The number of nitrogens with zero attached hydrogens (tertiary/aromatic N) is 2. The molecule has 1 aliphatic heterocycles. The van der Waals surface area contributed by atoms with Gasteiger partial charge in [-0.15, -0.1) is 0 Å². The van der Waals surface area contributed by atoms with Crippen LogP contribution in [-0.2, 0) is 20.9 Å². The summed E-state index contributed by atoms with van der Waals surface area (Å²) < 4.78 is 5.14. The van der Waals surface area contributed by atoms with Crippen LogP contribution in [0.2, 0.25) is 0 Å². The van der Waals surface area contributed by atoms with Crippen molar-refractivity contribution in [2.75, 3.05) is 33.4 Å². The number of ether oxygens (including phenoxy) is 1. The zero-order valence-corrected chi connectivity index (χ0v) is 17.6. The molecule has 1 atom stereocenters. The highest BCUT2D eigenvalue weighted by molar-refractivity contribution is 5.89. The van der Waals surface area contributed by atoms with Crippen LogP contribution in [0.25, 0.3) is 10.8 Å². The maximum absolute atomic E-state index is 13.0. The van der Waals surface area contributed by atoms with Crippen LogP contribution in [0, 0.1) is 0 Å². The fraction of sp³-hybridized carbons (Fsp3) is 0.478. The number of amides is 2. The Morgan fingerprint density at radius 2 is 2.00 bits per heavy atom. The van der Waals surface area contributed by atoms with Gasteiger partial charge in [-0.2, -0.15) is 0 Å². The van der Waals surface area contributed by atoms with Crippen LogP contribution in [0.5, 0.6) is 0 Å². The minimum atomic E-state index is -0.459. The first kappa shape index (κ1) is 21.3. The number of fused-ring (bicyclic) bond motifs is 1. The summed E-state index contributed by atoms with van der Waals surface area (Å²) in [4.78, 5) is 29.6. The summed E-state index contributed by atoms with van der Waals surface area (Å²) in [5.41, 5.74) is 1.18. The molecule has 0 saturated carbocycles. The molecule has 0 bridgehead atoms. The lowest BCUT2D eigenvalue weighted by molar-refractivity contribution is -0.140. The smallest absolute Gasteiger partial charge is 0.237 e. The van der Waals surface area contributed by atoms with Gasteiger partial charge in [0.05, 0.1) is 19.1 Å². The molecule has 1 fully saturated rings. The lowest BCUT2D eigenvalue weighted by Gasteiger charge is -2.36.